The van der Waals surface area contributed by atoms with Gasteiger partial charge >= 0.3 is 5.97 Å². The van der Waals surface area contributed by atoms with Crippen molar-refractivity contribution >= 4 is 40.5 Å². The van der Waals surface area contributed by atoms with Gasteiger partial charge in [0, 0.05) is 5.56 Å². The summed E-state index contributed by atoms with van der Waals surface area (Å²) >= 11 is 2.11. The smallest absolute Gasteiger partial charge is 0.352 e. The Kier molecular flexibility index (Phi) is 7.88. The average Bonchev–Trinajstić information content (AvgIpc) is 2.79. The van der Waals surface area contributed by atoms with Crippen molar-refractivity contribution in [2.45, 2.75) is 13.5 Å². The number of benzene rings is 3. The molecule has 0 saturated heterocycles. The van der Waals surface area contributed by atoms with Crippen LogP contribution in [0, 0.1) is 10.5 Å². The Labute approximate surface area is 200 Å². The molecule has 0 radical (unpaired) electrons. The van der Waals surface area contributed by atoms with E-state index in [9.17, 15) is 14.7 Å². The number of methoxy groups -OCH3 is 1. The molecule has 6 nitrogen and oxygen atoms in total. The molecule has 0 atom stereocenters. The zero-order chi connectivity index (χ0) is 23.1. The molecule has 3 aromatic rings. The molecule has 0 bridgehead atoms. The molecule has 0 aliphatic carbocycles. The lowest BCUT2D eigenvalue weighted by atomic mass is 10.1. The van der Waals surface area contributed by atoms with Gasteiger partial charge in [0.05, 0.1) is 10.7 Å². The summed E-state index contributed by atoms with van der Waals surface area (Å²) in [5.41, 5.74) is 2.87. The monoisotopic (exact) mass is 543 g/mol. The van der Waals surface area contributed by atoms with Crippen LogP contribution in [0.25, 0.3) is 6.08 Å². The lowest BCUT2D eigenvalue weighted by molar-refractivity contribution is -0.132. The van der Waals surface area contributed by atoms with E-state index >= 15 is 0 Å². The number of aliphatic carboxylic acids is 1. The van der Waals surface area contributed by atoms with Crippen LogP contribution in [0.3, 0.4) is 0 Å². The molecule has 0 saturated carbocycles. The van der Waals surface area contributed by atoms with Crippen LogP contribution >= 0.6 is 22.6 Å². The molecule has 164 valence electrons. The largest absolute Gasteiger partial charge is 0.493 e. The number of hydrogen-bond donors (Lipinski definition) is 2. The summed E-state index contributed by atoms with van der Waals surface area (Å²) in [5, 5.41) is 12.0. The van der Waals surface area contributed by atoms with Crippen molar-refractivity contribution in [3.05, 3.63) is 98.3 Å². The lowest BCUT2D eigenvalue weighted by Crippen LogP contribution is -2.27. The van der Waals surface area contributed by atoms with Crippen molar-refractivity contribution in [3.63, 3.8) is 0 Å². The van der Waals surface area contributed by atoms with E-state index in [0.29, 0.717) is 29.2 Å². The van der Waals surface area contributed by atoms with Crippen molar-refractivity contribution in [1.29, 1.82) is 0 Å². The standard InChI is InChI=1S/C25H22INO5/c1-16-8-10-17(11-9-16)15-32-23-20(26)12-18(14-22(23)31-2)13-21(25(29)30)27-24(28)19-6-4-3-5-7-19/h3-14H,15H2,1-2H3,(H,27,28)(H,29,30)/b21-13+. The maximum atomic E-state index is 12.4. The lowest BCUT2D eigenvalue weighted by Gasteiger charge is -2.14. The fraction of sp³-hybridized carbons (Fsp3) is 0.120. The molecule has 0 aliphatic heterocycles. The highest BCUT2D eigenvalue weighted by molar-refractivity contribution is 14.1. The quantitative estimate of drug-likeness (QED) is 0.307. The molecule has 1 amide bonds. The van der Waals surface area contributed by atoms with Gasteiger partial charge in [0.2, 0.25) is 0 Å². The van der Waals surface area contributed by atoms with Crippen LogP contribution in [-0.4, -0.2) is 24.1 Å². The number of nitrogens with one attached hydrogen (secondary N) is 1. The molecular formula is C25H22INO5. The van der Waals surface area contributed by atoms with Crippen molar-refractivity contribution in [2.75, 3.05) is 7.11 Å². The van der Waals surface area contributed by atoms with Gasteiger partial charge in [0.25, 0.3) is 5.91 Å². The van der Waals surface area contributed by atoms with E-state index in [2.05, 4.69) is 27.9 Å². The van der Waals surface area contributed by atoms with Crippen LogP contribution < -0.4 is 14.8 Å². The summed E-state index contributed by atoms with van der Waals surface area (Å²) in [6.45, 7) is 2.39. The van der Waals surface area contributed by atoms with Gasteiger partial charge in [-0.25, -0.2) is 4.79 Å². The SMILES string of the molecule is COc1cc(/C=C(/NC(=O)c2ccccc2)C(=O)O)cc(I)c1OCc1ccc(C)cc1. The van der Waals surface area contributed by atoms with E-state index in [1.165, 1.54) is 18.7 Å². The van der Waals surface area contributed by atoms with E-state index in [1.54, 1.807) is 42.5 Å². The highest BCUT2D eigenvalue weighted by atomic mass is 127. The van der Waals surface area contributed by atoms with Gasteiger partial charge in [0.1, 0.15) is 12.3 Å². The number of carboxylic acid groups (broad SMARTS) is 1. The molecule has 3 aromatic carbocycles. The predicted molar refractivity (Wildman–Crippen MR) is 131 cm³/mol. The number of carboxylic acids is 1. The summed E-state index contributed by atoms with van der Waals surface area (Å²) < 4.78 is 12.2. The third kappa shape index (κ3) is 6.10. The topological polar surface area (TPSA) is 84.9 Å². The minimum absolute atomic E-state index is 0.245. The van der Waals surface area contributed by atoms with E-state index in [-0.39, 0.29) is 5.70 Å². The zero-order valence-electron chi connectivity index (χ0n) is 17.6. The number of halogens is 1. The molecule has 7 heteroatoms. The van der Waals surface area contributed by atoms with Crippen LogP contribution in [0.5, 0.6) is 11.5 Å². The maximum Gasteiger partial charge on any atom is 0.352 e. The Morgan fingerprint density at radius 3 is 2.38 bits per heavy atom. The second-order valence-electron chi connectivity index (χ2n) is 6.99. The molecule has 0 fully saturated rings. The second kappa shape index (κ2) is 10.8. The minimum atomic E-state index is -1.25. The van der Waals surface area contributed by atoms with Crippen molar-refractivity contribution < 1.29 is 24.2 Å². The third-order valence-electron chi connectivity index (χ3n) is 4.58. The Hall–Kier alpha value is -3.33. The van der Waals surface area contributed by atoms with Crippen LogP contribution in [0.15, 0.2) is 72.4 Å². The Bertz CT molecular complexity index is 1140. The maximum absolute atomic E-state index is 12.4. The number of rotatable bonds is 8. The van der Waals surface area contributed by atoms with Gasteiger partial charge < -0.3 is 19.9 Å². The summed E-state index contributed by atoms with van der Waals surface area (Å²) in [5.74, 6) is -0.715. The molecule has 0 spiro atoms. The second-order valence-corrected chi connectivity index (χ2v) is 8.15. The van der Waals surface area contributed by atoms with E-state index in [1.807, 2.05) is 31.2 Å². The zero-order valence-corrected chi connectivity index (χ0v) is 19.8. The number of amides is 1. The van der Waals surface area contributed by atoms with Crippen molar-refractivity contribution in [2.24, 2.45) is 0 Å². The fourth-order valence-electron chi connectivity index (χ4n) is 2.90. The Morgan fingerprint density at radius 2 is 1.75 bits per heavy atom. The van der Waals surface area contributed by atoms with Gasteiger partial charge in [-0.2, -0.15) is 0 Å². The highest BCUT2D eigenvalue weighted by Gasteiger charge is 2.16. The first-order chi connectivity index (χ1) is 15.4. The Balaban J connectivity index is 1.83. The van der Waals surface area contributed by atoms with E-state index in [0.717, 1.165) is 9.13 Å². The molecular weight excluding hydrogens is 521 g/mol. The molecule has 2 N–H and O–H groups in total. The van der Waals surface area contributed by atoms with Crippen LogP contribution in [-0.2, 0) is 11.4 Å². The highest BCUT2D eigenvalue weighted by Crippen LogP contribution is 2.35. The number of hydrogen-bond acceptors (Lipinski definition) is 4. The van der Waals surface area contributed by atoms with Crippen LogP contribution in [0.4, 0.5) is 0 Å². The van der Waals surface area contributed by atoms with Gasteiger partial charge in [-0.3, -0.25) is 4.79 Å². The van der Waals surface area contributed by atoms with Gasteiger partial charge in [-0.1, -0.05) is 48.0 Å². The Morgan fingerprint density at radius 1 is 1.06 bits per heavy atom. The molecule has 0 unspecified atom stereocenters. The van der Waals surface area contributed by atoms with Gasteiger partial charge in [0.15, 0.2) is 11.5 Å². The van der Waals surface area contributed by atoms with Gasteiger partial charge in [-0.05, 0) is 71.0 Å². The summed E-state index contributed by atoms with van der Waals surface area (Å²) in [6, 6.07) is 19.9. The summed E-state index contributed by atoms with van der Waals surface area (Å²) in [4.78, 5) is 24.1. The first-order valence-electron chi connectivity index (χ1n) is 9.74. The molecule has 32 heavy (non-hydrogen) atoms. The fourth-order valence-corrected chi connectivity index (χ4v) is 3.69. The van der Waals surface area contributed by atoms with E-state index in [4.69, 9.17) is 9.47 Å². The number of carbonyl (C=O) groups is 2. The van der Waals surface area contributed by atoms with Crippen LogP contribution in [0.1, 0.15) is 27.0 Å². The van der Waals surface area contributed by atoms with Crippen molar-refractivity contribution in [1.82, 2.24) is 5.32 Å². The van der Waals surface area contributed by atoms with Crippen molar-refractivity contribution in [3.8, 4) is 11.5 Å². The third-order valence-corrected chi connectivity index (χ3v) is 5.38. The number of aryl methyl sites for hydroxylation is 1. The first-order valence-corrected chi connectivity index (χ1v) is 10.8. The van der Waals surface area contributed by atoms with Gasteiger partial charge in [-0.15, -0.1) is 0 Å². The summed E-state index contributed by atoms with van der Waals surface area (Å²) in [7, 11) is 1.52. The normalized spacial score (nSPS) is 11.0. The van der Waals surface area contributed by atoms with Crippen LogP contribution in [0.2, 0.25) is 0 Å². The summed E-state index contributed by atoms with van der Waals surface area (Å²) in [6.07, 6.45) is 1.39. The first kappa shape index (κ1) is 23.3. The molecule has 0 aliphatic rings. The molecule has 3 rings (SSSR count). The average molecular weight is 543 g/mol. The molecule has 0 heterocycles. The predicted octanol–water partition coefficient (Wildman–Crippen LogP) is 5.04. The molecule has 0 aromatic heterocycles. The minimum Gasteiger partial charge on any atom is -0.493 e. The van der Waals surface area contributed by atoms with E-state index < -0.39 is 11.9 Å². The number of carbonyl (C=O) groups excluding carboxylic acids is 1. The number of ether oxygens (including phenoxy) is 2.